The first-order valence-electron chi connectivity index (χ1n) is 4.78. The maximum atomic E-state index is 5.83. The van der Waals surface area contributed by atoms with Gasteiger partial charge in [0.25, 0.3) is 0 Å². The molecule has 0 radical (unpaired) electrons. The number of fused-ring (bicyclic) bond motifs is 1. The van der Waals surface area contributed by atoms with Crippen molar-refractivity contribution in [3.63, 3.8) is 0 Å². The topological polar surface area (TPSA) is 29.3 Å². The molecule has 1 heterocycles. The van der Waals surface area contributed by atoms with Crippen LogP contribution < -0.4 is 10.6 Å². The maximum absolute atomic E-state index is 5.83. The molecule has 0 unspecified atom stereocenters. The Bertz CT molecular complexity index is 318. The SMILES string of the molecule is C[C@@H](N)c1ccc2c(c1)CCN2C. The van der Waals surface area contributed by atoms with E-state index >= 15 is 0 Å². The summed E-state index contributed by atoms with van der Waals surface area (Å²) in [7, 11) is 2.14. The van der Waals surface area contributed by atoms with Gasteiger partial charge in [0, 0.05) is 25.3 Å². The van der Waals surface area contributed by atoms with Crippen LogP contribution in [0.25, 0.3) is 0 Å². The fourth-order valence-electron chi connectivity index (χ4n) is 1.87. The van der Waals surface area contributed by atoms with Crippen LogP contribution in [0, 0.1) is 0 Å². The molecule has 0 amide bonds. The predicted molar refractivity (Wildman–Crippen MR) is 56.0 cm³/mol. The Morgan fingerprint density at radius 3 is 2.92 bits per heavy atom. The molecule has 2 heteroatoms. The summed E-state index contributed by atoms with van der Waals surface area (Å²) >= 11 is 0. The molecule has 0 spiro atoms. The highest BCUT2D eigenvalue weighted by atomic mass is 15.1. The van der Waals surface area contributed by atoms with Gasteiger partial charge in [-0.2, -0.15) is 0 Å². The second-order valence-electron chi connectivity index (χ2n) is 3.85. The normalized spacial score (nSPS) is 17.3. The Balaban J connectivity index is 2.40. The van der Waals surface area contributed by atoms with Gasteiger partial charge in [0.05, 0.1) is 0 Å². The molecule has 2 rings (SSSR count). The van der Waals surface area contributed by atoms with Crippen LogP contribution in [0.4, 0.5) is 5.69 Å². The Hall–Kier alpha value is -1.02. The maximum Gasteiger partial charge on any atom is 0.0397 e. The van der Waals surface area contributed by atoms with Gasteiger partial charge >= 0.3 is 0 Å². The summed E-state index contributed by atoms with van der Waals surface area (Å²) in [5.74, 6) is 0. The van der Waals surface area contributed by atoms with Crippen LogP contribution in [0.3, 0.4) is 0 Å². The molecular formula is C11H16N2. The summed E-state index contributed by atoms with van der Waals surface area (Å²) < 4.78 is 0. The van der Waals surface area contributed by atoms with Crippen molar-refractivity contribution in [3.05, 3.63) is 29.3 Å². The fraction of sp³-hybridized carbons (Fsp3) is 0.455. The number of anilines is 1. The lowest BCUT2D eigenvalue weighted by Crippen LogP contribution is -2.12. The first kappa shape index (κ1) is 8.57. The quantitative estimate of drug-likeness (QED) is 0.705. The van der Waals surface area contributed by atoms with E-state index in [0.717, 1.165) is 13.0 Å². The summed E-state index contributed by atoms with van der Waals surface area (Å²) in [6.07, 6.45) is 1.16. The molecule has 2 nitrogen and oxygen atoms in total. The van der Waals surface area contributed by atoms with E-state index in [0.29, 0.717) is 0 Å². The second kappa shape index (κ2) is 3.04. The molecule has 1 atom stereocenters. The molecule has 1 aliphatic rings. The molecule has 0 aliphatic carbocycles. The van der Waals surface area contributed by atoms with Gasteiger partial charge in [0.15, 0.2) is 0 Å². The highest BCUT2D eigenvalue weighted by Gasteiger charge is 2.15. The molecule has 0 bridgehead atoms. The average molecular weight is 176 g/mol. The van der Waals surface area contributed by atoms with Gasteiger partial charge in [-0.1, -0.05) is 12.1 Å². The number of benzene rings is 1. The molecule has 70 valence electrons. The molecule has 0 saturated carbocycles. The Labute approximate surface area is 79.4 Å². The first-order valence-corrected chi connectivity index (χ1v) is 4.78. The Morgan fingerprint density at radius 2 is 2.23 bits per heavy atom. The third-order valence-electron chi connectivity index (χ3n) is 2.76. The Morgan fingerprint density at radius 1 is 1.46 bits per heavy atom. The zero-order valence-corrected chi connectivity index (χ0v) is 8.25. The lowest BCUT2D eigenvalue weighted by atomic mass is 10.0. The second-order valence-corrected chi connectivity index (χ2v) is 3.85. The number of likely N-dealkylation sites (N-methyl/N-ethyl adjacent to an activating group) is 1. The van der Waals surface area contributed by atoms with E-state index < -0.39 is 0 Å². The van der Waals surface area contributed by atoms with Crippen molar-refractivity contribution >= 4 is 5.69 Å². The molecule has 2 N–H and O–H groups in total. The summed E-state index contributed by atoms with van der Waals surface area (Å²) in [6, 6.07) is 6.70. The fourth-order valence-corrected chi connectivity index (χ4v) is 1.87. The van der Waals surface area contributed by atoms with E-state index in [-0.39, 0.29) is 6.04 Å². The van der Waals surface area contributed by atoms with Crippen molar-refractivity contribution in [2.75, 3.05) is 18.5 Å². The summed E-state index contributed by atoms with van der Waals surface area (Å²) in [5, 5.41) is 0. The number of rotatable bonds is 1. The third-order valence-corrected chi connectivity index (χ3v) is 2.76. The molecule has 0 fully saturated rings. The van der Waals surface area contributed by atoms with Crippen LogP contribution in [0.1, 0.15) is 24.1 Å². The minimum atomic E-state index is 0.149. The van der Waals surface area contributed by atoms with Crippen LogP contribution in [-0.2, 0) is 6.42 Å². The largest absolute Gasteiger partial charge is 0.374 e. The van der Waals surface area contributed by atoms with Gasteiger partial charge in [0.2, 0.25) is 0 Å². The monoisotopic (exact) mass is 176 g/mol. The molecule has 1 aromatic carbocycles. The van der Waals surface area contributed by atoms with Crippen molar-refractivity contribution < 1.29 is 0 Å². The molecule has 13 heavy (non-hydrogen) atoms. The molecule has 1 aliphatic heterocycles. The standard InChI is InChI=1S/C11H16N2/c1-8(12)9-3-4-11-10(7-9)5-6-13(11)2/h3-4,7-8H,5-6,12H2,1-2H3/t8-/m1/s1. The van der Waals surface area contributed by atoms with Crippen molar-refractivity contribution in [3.8, 4) is 0 Å². The van der Waals surface area contributed by atoms with Crippen molar-refractivity contribution in [2.45, 2.75) is 19.4 Å². The lowest BCUT2D eigenvalue weighted by molar-refractivity contribution is 0.816. The van der Waals surface area contributed by atoms with E-state index in [1.165, 1.54) is 16.8 Å². The number of hydrogen-bond donors (Lipinski definition) is 1. The molecule has 0 aromatic heterocycles. The first-order chi connectivity index (χ1) is 6.18. The van der Waals surface area contributed by atoms with Gasteiger partial charge in [-0.05, 0) is 30.5 Å². The van der Waals surface area contributed by atoms with Crippen molar-refractivity contribution in [1.82, 2.24) is 0 Å². The van der Waals surface area contributed by atoms with Gasteiger partial charge < -0.3 is 10.6 Å². The third kappa shape index (κ3) is 1.42. The van der Waals surface area contributed by atoms with Gasteiger partial charge in [-0.15, -0.1) is 0 Å². The van der Waals surface area contributed by atoms with Crippen molar-refractivity contribution in [1.29, 1.82) is 0 Å². The average Bonchev–Trinajstić information content (AvgIpc) is 2.47. The zero-order valence-electron chi connectivity index (χ0n) is 8.25. The van der Waals surface area contributed by atoms with Crippen LogP contribution in [-0.4, -0.2) is 13.6 Å². The van der Waals surface area contributed by atoms with Crippen LogP contribution >= 0.6 is 0 Å². The number of nitrogens with zero attached hydrogens (tertiary/aromatic N) is 1. The molecular weight excluding hydrogens is 160 g/mol. The van der Waals surface area contributed by atoms with Gasteiger partial charge in [0.1, 0.15) is 0 Å². The predicted octanol–water partition coefficient (Wildman–Crippen LogP) is 1.70. The van der Waals surface area contributed by atoms with Gasteiger partial charge in [-0.3, -0.25) is 0 Å². The van der Waals surface area contributed by atoms with Crippen LogP contribution in [0.2, 0.25) is 0 Å². The minimum absolute atomic E-state index is 0.149. The zero-order chi connectivity index (χ0) is 9.42. The molecule has 0 saturated heterocycles. The minimum Gasteiger partial charge on any atom is -0.374 e. The van der Waals surface area contributed by atoms with Crippen LogP contribution in [0.5, 0.6) is 0 Å². The Kier molecular flexibility index (Phi) is 2.00. The van der Waals surface area contributed by atoms with Crippen LogP contribution in [0.15, 0.2) is 18.2 Å². The van der Waals surface area contributed by atoms with Crippen molar-refractivity contribution in [2.24, 2.45) is 5.73 Å². The summed E-state index contributed by atoms with van der Waals surface area (Å²) in [6.45, 7) is 3.16. The van der Waals surface area contributed by atoms with E-state index in [4.69, 9.17) is 5.73 Å². The van der Waals surface area contributed by atoms with E-state index in [9.17, 15) is 0 Å². The number of nitrogens with two attached hydrogens (primary N) is 1. The smallest absolute Gasteiger partial charge is 0.0397 e. The van der Waals surface area contributed by atoms with E-state index in [2.05, 4.69) is 30.1 Å². The van der Waals surface area contributed by atoms with E-state index in [1.54, 1.807) is 0 Å². The van der Waals surface area contributed by atoms with E-state index in [1.807, 2.05) is 6.92 Å². The lowest BCUT2D eigenvalue weighted by Gasteiger charge is -2.13. The van der Waals surface area contributed by atoms with Gasteiger partial charge in [-0.25, -0.2) is 0 Å². The molecule has 1 aromatic rings. The number of hydrogen-bond acceptors (Lipinski definition) is 2. The highest BCUT2D eigenvalue weighted by molar-refractivity contribution is 5.58. The highest BCUT2D eigenvalue weighted by Crippen LogP contribution is 2.28. The summed E-state index contributed by atoms with van der Waals surface area (Å²) in [4.78, 5) is 2.29. The summed E-state index contributed by atoms with van der Waals surface area (Å²) in [5.41, 5.74) is 9.88.